The topological polar surface area (TPSA) is 0 Å². The summed E-state index contributed by atoms with van der Waals surface area (Å²) in [5, 5.41) is 2.60. The SMILES string of the molecule is C=Cc1ccc(CCCCCCC2(CCCCCCc3ccc(C=C)cc3)c3cc(C)ccc3-c3cc(-c4ccc5ccccc5c4)c(C)cc32)cc1. The average Bonchev–Trinajstić information content (AvgIpc) is 3.44. The molecule has 53 heavy (non-hydrogen) atoms. The Kier molecular flexibility index (Phi) is 11.6. The van der Waals surface area contributed by atoms with Gasteiger partial charge in [-0.3, -0.25) is 0 Å². The lowest BCUT2D eigenvalue weighted by molar-refractivity contribution is 0.399. The molecule has 0 saturated carbocycles. The summed E-state index contributed by atoms with van der Waals surface area (Å²) >= 11 is 0. The predicted molar refractivity (Wildman–Crippen MR) is 232 cm³/mol. The number of benzene rings is 6. The standard InChI is InChI=1S/C53H56/c1-5-41-22-26-43(27-23-41)17-11-7-9-15-33-53(34-16-10-8-12-18-44-28-24-42(6-2)25-29-44)51-35-39(3)21-32-48(51)50-38-49(40(4)36-52(50)53)47-31-30-45-19-13-14-20-46(45)37-47/h5-6,13-14,19-32,35-38H,1-2,7-12,15-18,33-34H2,3-4H3. The lowest BCUT2D eigenvalue weighted by Gasteiger charge is -2.33. The molecule has 0 aromatic heterocycles. The molecule has 6 aromatic carbocycles. The third kappa shape index (κ3) is 8.18. The lowest BCUT2D eigenvalue weighted by Crippen LogP contribution is -2.26. The summed E-state index contributed by atoms with van der Waals surface area (Å²) < 4.78 is 0. The van der Waals surface area contributed by atoms with E-state index in [9.17, 15) is 0 Å². The van der Waals surface area contributed by atoms with Crippen molar-refractivity contribution in [3.05, 3.63) is 179 Å². The maximum absolute atomic E-state index is 3.91. The van der Waals surface area contributed by atoms with Gasteiger partial charge in [0.25, 0.3) is 0 Å². The zero-order valence-corrected chi connectivity index (χ0v) is 32.1. The molecular weight excluding hydrogens is 637 g/mol. The van der Waals surface area contributed by atoms with Gasteiger partial charge in [0.2, 0.25) is 0 Å². The third-order valence-electron chi connectivity index (χ3n) is 12.0. The molecule has 6 aromatic rings. The van der Waals surface area contributed by atoms with Crippen LogP contribution >= 0.6 is 0 Å². The van der Waals surface area contributed by atoms with Crippen molar-refractivity contribution in [3.63, 3.8) is 0 Å². The highest BCUT2D eigenvalue weighted by molar-refractivity contribution is 5.91. The van der Waals surface area contributed by atoms with Crippen molar-refractivity contribution in [3.8, 4) is 22.3 Å². The summed E-state index contributed by atoms with van der Waals surface area (Å²) in [6.07, 6.45) is 18.7. The van der Waals surface area contributed by atoms with Gasteiger partial charge in [-0.2, -0.15) is 0 Å². The van der Waals surface area contributed by atoms with E-state index in [1.165, 1.54) is 131 Å². The molecule has 0 heterocycles. The van der Waals surface area contributed by atoms with E-state index in [1.807, 2.05) is 12.2 Å². The molecular formula is C53H56. The highest BCUT2D eigenvalue weighted by atomic mass is 14.5. The second kappa shape index (κ2) is 16.8. The molecule has 7 rings (SSSR count). The monoisotopic (exact) mass is 692 g/mol. The number of aryl methyl sites for hydroxylation is 4. The molecule has 0 N–H and O–H groups in total. The summed E-state index contributed by atoms with van der Waals surface area (Å²) in [5.41, 5.74) is 16.8. The van der Waals surface area contributed by atoms with Crippen molar-refractivity contribution >= 4 is 22.9 Å². The number of rotatable bonds is 17. The molecule has 0 unspecified atom stereocenters. The van der Waals surface area contributed by atoms with E-state index in [4.69, 9.17) is 0 Å². The normalized spacial score (nSPS) is 12.8. The van der Waals surface area contributed by atoms with Crippen molar-refractivity contribution < 1.29 is 0 Å². The molecule has 1 aliphatic carbocycles. The maximum atomic E-state index is 3.91. The van der Waals surface area contributed by atoms with Crippen LogP contribution in [-0.2, 0) is 18.3 Å². The van der Waals surface area contributed by atoms with Crippen LogP contribution in [-0.4, -0.2) is 0 Å². The number of hydrogen-bond donors (Lipinski definition) is 0. The Morgan fingerprint density at radius 3 is 1.64 bits per heavy atom. The molecule has 0 saturated heterocycles. The first-order valence-electron chi connectivity index (χ1n) is 20.2. The van der Waals surface area contributed by atoms with E-state index >= 15 is 0 Å². The van der Waals surface area contributed by atoms with E-state index in [1.54, 1.807) is 11.1 Å². The average molecular weight is 693 g/mol. The van der Waals surface area contributed by atoms with Crippen LogP contribution in [0.4, 0.5) is 0 Å². The highest BCUT2D eigenvalue weighted by Gasteiger charge is 2.42. The maximum Gasteiger partial charge on any atom is 0.0215 e. The third-order valence-corrected chi connectivity index (χ3v) is 12.0. The zero-order valence-electron chi connectivity index (χ0n) is 32.1. The van der Waals surface area contributed by atoms with Crippen LogP contribution in [0.1, 0.15) is 109 Å². The lowest BCUT2D eigenvalue weighted by atomic mass is 9.70. The van der Waals surface area contributed by atoms with Crippen LogP contribution in [0.2, 0.25) is 0 Å². The van der Waals surface area contributed by atoms with Gasteiger partial charge in [-0.1, -0.05) is 179 Å². The van der Waals surface area contributed by atoms with Gasteiger partial charge in [0, 0.05) is 5.41 Å². The van der Waals surface area contributed by atoms with Crippen molar-refractivity contribution in [1.82, 2.24) is 0 Å². The largest absolute Gasteiger partial charge is 0.0985 e. The minimum absolute atomic E-state index is 0.0599. The second-order valence-electron chi connectivity index (χ2n) is 15.6. The Hall–Kier alpha value is -4.94. The van der Waals surface area contributed by atoms with Crippen molar-refractivity contribution in [1.29, 1.82) is 0 Å². The summed E-state index contributed by atoms with van der Waals surface area (Å²) in [4.78, 5) is 0. The van der Waals surface area contributed by atoms with Gasteiger partial charge in [0.15, 0.2) is 0 Å². The molecule has 0 atom stereocenters. The smallest absolute Gasteiger partial charge is 0.0215 e. The highest BCUT2D eigenvalue weighted by Crippen LogP contribution is 2.55. The van der Waals surface area contributed by atoms with E-state index in [0.717, 1.165) is 12.8 Å². The Morgan fingerprint density at radius 2 is 1.04 bits per heavy atom. The minimum atomic E-state index is 0.0599. The van der Waals surface area contributed by atoms with Gasteiger partial charge in [-0.15, -0.1) is 0 Å². The predicted octanol–water partition coefficient (Wildman–Crippen LogP) is 15.1. The first kappa shape index (κ1) is 36.4. The molecule has 1 aliphatic rings. The Balaban J connectivity index is 1.12. The summed E-state index contributed by atoms with van der Waals surface area (Å²) in [5.74, 6) is 0. The molecule has 0 aliphatic heterocycles. The molecule has 0 spiro atoms. The van der Waals surface area contributed by atoms with E-state index in [-0.39, 0.29) is 5.41 Å². The molecule has 268 valence electrons. The molecule has 0 amide bonds. The van der Waals surface area contributed by atoms with Gasteiger partial charge < -0.3 is 0 Å². The van der Waals surface area contributed by atoms with Gasteiger partial charge in [-0.05, 0) is 136 Å². The van der Waals surface area contributed by atoms with Crippen molar-refractivity contribution in [2.24, 2.45) is 0 Å². The van der Waals surface area contributed by atoms with Crippen LogP contribution in [0.5, 0.6) is 0 Å². The Labute approximate surface area is 319 Å². The fraction of sp³-hybridized carbons (Fsp3) is 0.283. The fourth-order valence-corrected chi connectivity index (χ4v) is 8.95. The van der Waals surface area contributed by atoms with Gasteiger partial charge >= 0.3 is 0 Å². The van der Waals surface area contributed by atoms with Crippen LogP contribution < -0.4 is 0 Å². The number of hydrogen-bond acceptors (Lipinski definition) is 0. The van der Waals surface area contributed by atoms with Crippen molar-refractivity contribution in [2.75, 3.05) is 0 Å². The Bertz CT molecular complexity index is 2110. The molecule has 0 nitrogen and oxygen atoms in total. The van der Waals surface area contributed by atoms with E-state index < -0.39 is 0 Å². The first-order chi connectivity index (χ1) is 26.0. The summed E-state index contributed by atoms with van der Waals surface area (Å²) in [6, 6.07) is 46.0. The Morgan fingerprint density at radius 1 is 0.472 bits per heavy atom. The number of fused-ring (bicyclic) bond motifs is 4. The van der Waals surface area contributed by atoms with Crippen LogP contribution in [0.25, 0.3) is 45.2 Å². The van der Waals surface area contributed by atoms with Crippen LogP contribution in [0, 0.1) is 13.8 Å². The molecule has 0 fully saturated rings. The van der Waals surface area contributed by atoms with E-state index in [2.05, 4.69) is 148 Å². The quantitative estimate of drug-likeness (QED) is 0.0835. The van der Waals surface area contributed by atoms with Gasteiger partial charge in [0.1, 0.15) is 0 Å². The van der Waals surface area contributed by atoms with Gasteiger partial charge in [-0.25, -0.2) is 0 Å². The fourth-order valence-electron chi connectivity index (χ4n) is 8.95. The zero-order chi connectivity index (χ0) is 36.6. The van der Waals surface area contributed by atoms with Gasteiger partial charge in [0.05, 0.1) is 0 Å². The van der Waals surface area contributed by atoms with E-state index in [0.29, 0.717) is 0 Å². The number of unbranched alkanes of at least 4 members (excludes halogenated alkanes) is 6. The summed E-state index contributed by atoms with van der Waals surface area (Å²) in [7, 11) is 0. The van der Waals surface area contributed by atoms with Crippen LogP contribution in [0.3, 0.4) is 0 Å². The van der Waals surface area contributed by atoms with Crippen LogP contribution in [0.15, 0.2) is 134 Å². The first-order valence-corrected chi connectivity index (χ1v) is 20.2. The van der Waals surface area contributed by atoms with Crippen molar-refractivity contribution in [2.45, 2.75) is 96.3 Å². The second-order valence-corrected chi connectivity index (χ2v) is 15.6. The minimum Gasteiger partial charge on any atom is -0.0985 e. The molecule has 0 heteroatoms. The summed E-state index contributed by atoms with van der Waals surface area (Å²) in [6.45, 7) is 12.4. The molecule has 0 bridgehead atoms. The molecule has 0 radical (unpaired) electrons.